The Labute approximate surface area is 185 Å². The maximum absolute atomic E-state index is 10.3. The Bertz CT molecular complexity index is 777. The average Bonchev–Trinajstić information content (AvgIpc) is 2.73. The van der Waals surface area contributed by atoms with Crippen molar-refractivity contribution in [2.45, 2.75) is 25.0 Å². The molecule has 1 heterocycles. The van der Waals surface area contributed by atoms with Gasteiger partial charge in [-0.3, -0.25) is 14.5 Å². The fraction of sp³-hybridized carbons (Fsp3) is 0.550. The molecule has 12 heteroatoms. The van der Waals surface area contributed by atoms with Gasteiger partial charge in [-0.2, -0.15) is 0 Å². The molecule has 0 atom stereocenters. The van der Waals surface area contributed by atoms with Gasteiger partial charge in [0.25, 0.3) is 0 Å². The molecule has 0 bridgehead atoms. The van der Waals surface area contributed by atoms with Gasteiger partial charge in [0.1, 0.15) is 0 Å². The van der Waals surface area contributed by atoms with Crippen LogP contribution in [0.5, 0.6) is 17.2 Å². The van der Waals surface area contributed by atoms with E-state index in [2.05, 4.69) is 10.2 Å². The number of rotatable bonds is 10. The summed E-state index contributed by atoms with van der Waals surface area (Å²) in [6, 6.07) is 3.97. The number of hydrogen-bond acceptors (Lipinski definition) is 9. The standard InChI is InChI=1S/C14H22N2O3.C6H8O7/c1-17-12-5-4-11(13(18-2)14(12)19-3)10-16-8-6-15-7-9-16;7-3(8)1-6(13,5(11)12)2-4(9)10/h4-5,15H,6-10H2,1-3H3;13H,1-2H2,(H,7,8)(H,9,10)(H,11,12). The topological polar surface area (TPSA) is 175 Å². The Morgan fingerprint density at radius 1 is 0.938 bits per heavy atom. The Hall–Kier alpha value is -3.09. The number of benzene rings is 1. The summed E-state index contributed by atoms with van der Waals surface area (Å²) in [6.07, 6.45) is -2.29. The molecule has 1 aromatic rings. The van der Waals surface area contributed by atoms with Crippen LogP contribution >= 0.6 is 0 Å². The third-order valence-corrected chi connectivity index (χ3v) is 4.67. The summed E-state index contributed by atoms with van der Waals surface area (Å²) in [7, 11) is 4.93. The number of nitrogens with one attached hydrogen (secondary N) is 1. The van der Waals surface area contributed by atoms with Gasteiger partial charge in [0.15, 0.2) is 17.1 Å². The van der Waals surface area contributed by atoms with Crippen LogP contribution in [-0.2, 0) is 20.9 Å². The third-order valence-electron chi connectivity index (χ3n) is 4.67. The lowest BCUT2D eigenvalue weighted by Crippen LogP contribution is -2.42. The summed E-state index contributed by atoms with van der Waals surface area (Å²) in [4.78, 5) is 32.9. The van der Waals surface area contributed by atoms with Gasteiger partial charge in [-0.1, -0.05) is 6.07 Å². The van der Waals surface area contributed by atoms with Crippen molar-refractivity contribution in [2.75, 3.05) is 47.5 Å². The maximum Gasteiger partial charge on any atom is 0.336 e. The van der Waals surface area contributed by atoms with Crippen LogP contribution in [0.1, 0.15) is 18.4 Å². The number of hydrogen-bond donors (Lipinski definition) is 5. The fourth-order valence-electron chi connectivity index (χ4n) is 3.11. The molecule has 5 N–H and O–H groups in total. The van der Waals surface area contributed by atoms with Crippen LogP contribution in [0.4, 0.5) is 0 Å². The van der Waals surface area contributed by atoms with E-state index in [0.29, 0.717) is 11.5 Å². The van der Waals surface area contributed by atoms with Gasteiger partial charge in [0.2, 0.25) is 5.75 Å². The molecule has 12 nitrogen and oxygen atoms in total. The quantitative estimate of drug-likeness (QED) is 0.314. The molecular weight excluding hydrogens is 428 g/mol. The number of nitrogens with zero attached hydrogens (tertiary/aromatic N) is 1. The van der Waals surface area contributed by atoms with E-state index in [-0.39, 0.29) is 0 Å². The number of carboxylic acids is 3. The Kier molecular flexibility index (Phi) is 10.7. The largest absolute Gasteiger partial charge is 0.493 e. The SMILES string of the molecule is COc1ccc(CN2CCNCC2)c(OC)c1OC.O=C(O)CC(O)(CC(=O)O)C(=O)O. The highest BCUT2D eigenvalue weighted by molar-refractivity contribution is 5.88. The normalized spacial score (nSPS) is 14.0. The molecule has 180 valence electrons. The summed E-state index contributed by atoms with van der Waals surface area (Å²) >= 11 is 0. The predicted molar refractivity (Wildman–Crippen MR) is 111 cm³/mol. The van der Waals surface area contributed by atoms with Crippen molar-refractivity contribution < 1.29 is 49.0 Å². The van der Waals surface area contributed by atoms with E-state index in [1.165, 1.54) is 0 Å². The monoisotopic (exact) mass is 458 g/mol. The highest BCUT2D eigenvalue weighted by atomic mass is 16.5. The minimum Gasteiger partial charge on any atom is -0.493 e. The summed E-state index contributed by atoms with van der Waals surface area (Å²) in [5.41, 5.74) is -1.61. The van der Waals surface area contributed by atoms with Crippen LogP contribution in [0.3, 0.4) is 0 Å². The minimum atomic E-state index is -2.74. The molecule has 1 saturated heterocycles. The van der Waals surface area contributed by atoms with Crippen molar-refractivity contribution >= 4 is 17.9 Å². The molecule has 0 saturated carbocycles. The second kappa shape index (κ2) is 12.7. The Morgan fingerprint density at radius 2 is 1.47 bits per heavy atom. The molecule has 0 aromatic heterocycles. The zero-order valence-electron chi connectivity index (χ0n) is 18.3. The van der Waals surface area contributed by atoms with E-state index < -0.39 is 36.4 Å². The first kappa shape index (κ1) is 26.9. The average molecular weight is 458 g/mol. The highest BCUT2D eigenvalue weighted by Gasteiger charge is 2.40. The van der Waals surface area contributed by atoms with Gasteiger partial charge in [-0.05, 0) is 6.07 Å². The molecule has 1 aromatic carbocycles. The number of ether oxygens (including phenoxy) is 3. The molecule has 0 spiro atoms. The molecule has 0 aliphatic carbocycles. The van der Waals surface area contributed by atoms with Gasteiger partial charge in [0, 0.05) is 38.3 Å². The van der Waals surface area contributed by atoms with Crippen LogP contribution in [0, 0.1) is 0 Å². The lowest BCUT2D eigenvalue weighted by molar-refractivity contribution is -0.170. The number of aliphatic hydroxyl groups is 1. The first-order valence-electron chi connectivity index (χ1n) is 9.68. The van der Waals surface area contributed by atoms with Gasteiger partial charge in [-0.15, -0.1) is 0 Å². The summed E-state index contributed by atoms with van der Waals surface area (Å²) in [5, 5.41) is 37.2. The lowest BCUT2D eigenvalue weighted by Gasteiger charge is -2.28. The Morgan fingerprint density at radius 3 is 1.88 bits per heavy atom. The van der Waals surface area contributed by atoms with Gasteiger partial charge in [-0.25, -0.2) is 4.79 Å². The zero-order valence-corrected chi connectivity index (χ0v) is 18.3. The minimum absolute atomic E-state index is 0.664. The fourth-order valence-corrected chi connectivity index (χ4v) is 3.11. The first-order valence-corrected chi connectivity index (χ1v) is 9.68. The molecule has 0 radical (unpaired) electrons. The maximum atomic E-state index is 10.3. The van der Waals surface area contributed by atoms with Crippen LogP contribution in [-0.4, -0.2) is 96.3 Å². The van der Waals surface area contributed by atoms with Crippen molar-refractivity contribution in [1.29, 1.82) is 0 Å². The number of carboxylic acid groups (broad SMARTS) is 3. The number of aliphatic carboxylic acids is 3. The van der Waals surface area contributed by atoms with E-state index in [1.807, 2.05) is 12.1 Å². The summed E-state index contributed by atoms with van der Waals surface area (Å²) < 4.78 is 16.2. The third kappa shape index (κ3) is 7.87. The van der Waals surface area contributed by atoms with Crippen molar-refractivity contribution in [3.05, 3.63) is 17.7 Å². The lowest BCUT2D eigenvalue weighted by atomic mass is 9.96. The molecule has 1 aliphatic heterocycles. The molecule has 32 heavy (non-hydrogen) atoms. The second-order valence-electron chi connectivity index (χ2n) is 7.00. The second-order valence-corrected chi connectivity index (χ2v) is 7.00. The van der Waals surface area contributed by atoms with Gasteiger partial charge >= 0.3 is 17.9 Å². The molecular formula is C20H30N2O10. The molecule has 1 aliphatic rings. The first-order chi connectivity index (χ1) is 15.1. The van der Waals surface area contributed by atoms with Crippen molar-refractivity contribution in [3.8, 4) is 17.2 Å². The van der Waals surface area contributed by atoms with E-state index in [9.17, 15) is 14.4 Å². The number of methoxy groups -OCH3 is 3. The van der Waals surface area contributed by atoms with Crippen LogP contribution < -0.4 is 19.5 Å². The summed E-state index contributed by atoms with van der Waals surface area (Å²) in [6.45, 7) is 5.05. The predicted octanol–water partition coefficient (Wildman–Crippen LogP) is -0.131. The Balaban J connectivity index is 0.000000347. The van der Waals surface area contributed by atoms with E-state index >= 15 is 0 Å². The van der Waals surface area contributed by atoms with Crippen molar-refractivity contribution in [2.24, 2.45) is 0 Å². The van der Waals surface area contributed by atoms with Gasteiger partial charge < -0.3 is 40.0 Å². The van der Waals surface area contributed by atoms with E-state index in [1.54, 1.807) is 21.3 Å². The summed E-state index contributed by atoms with van der Waals surface area (Å²) in [5.74, 6) is -2.89. The number of piperazine rings is 1. The van der Waals surface area contributed by atoms with Crippen LogP contribution in [0.25, 0.3) is 0 Å². The molecule has 0 unspecified atom stereocenters. The van der Waals surface area contributed by atoms with E-state index in [4.69, 9.17) is 34.6 Å². The number of carbonyl (C=O) groups is 3. The van der Waals surface area contributed by atoms with Crippen LogP contribution in [0.15, 0.2) is 12.1 Å². The smallest absolute Gasteiger partial charge is 0.336 e. The highest BCUT2D eigenvalue weighted by Crippen LogP contribution is 2.40. The molecule has 0 amide bonds. The van der Waals surface area contributed by atoms with Crippen molar-refractivity contribution in [1.82, 2.24) is 10.2 Å². The molecule has 1 fully saturated rings. The zero-order chi connectivity index (χ0) is 24.3. The molecule has 2 rings (SSSR count). The van der Waals surface area contributed by atoms with Crippen LogP contribution in [0.2, 0.25) is 0 Å². The van der Waals surface area contributed by atoms with E-state index in [0.717, 1.165) is 44.0 Å². The van der Waals surface area contributed by atoms with Crippen molar-refractivity contribution in [3.63, 3.8) is 0 Å². The van der Waals surface area contributed by atoms with Gasteiger partial charge in [0.05, 0.1) is 34.2 Å².